The molecule has 138 valence electrons. The Balaban J connectivity index is 1.82. The number of anilines is 1. The van der Waals surface area contributed by atoms with E-state index in [1.165, 1.54) is 28.8 Å². The molecule has 1 amide bonds. The molecule has 1 aliphatic heterocycles. The first kappa shape index (κ1) is 19.1. The van der Waals surface area contributed by atoms with Crippen LogP contribution in [0.15, 0.2) is 53.4 Å². The number of carbonyl (C=O) groups excluding carboxylic acids is 2. The maximum atomic E-state index is 12.8. The van der Waals surface area contributed by atoms with Crippen molar-refractivity contribution in [3.05, 3.63) is 64.6 Å². The zero-order valence-corrected chi connectivity index (χ0v) is 16.1. The Kier molecular flexibility index (Phi) is 5.93. The molecule has 5 nitrogen and oxygen atoms in total. The first-order chi connectivity index (χ1) is 13.0. The third kappa shape index (κ3) is 4.37. The van der Waals surface area contributed by atoms with E-state index in [9.17, 15) is 14.7 Å². The second kappa shape index (κ2) is 8.37. The maximum absolute atomic E-state index is 12.8. The van der Waals surface area contributed by atoms with Crippen molar-refractivity contribution in [2.75, 3.05) is 11.5 Å². The summed E-state index contributed by atoms with van der Waals surface area (Å²) in [5.41, 5.74) is 1.25. The molecule has 0 unspecified atom stereocenters. The number of amides is 1. The van der Waals surface area contributed by atoms with Crippen molar-refractivity contribution in [2.45, 2.75) is 13.3 Å². The van der Waals surface area contributed by atoms with Crippen LogP contribution in [0.1, 0.15) is 29.3 Å². The number of benzene rings is 2. The summed E-state index contributed by atoms with van der Waals surface area (Å²) in [6, 6.07) is 13.4. The standard InChI is InChI=1S/C20H17NO4S2/c1-2-10-25-16-8-6-13(7-9-16)11-17-18(22)21(20(26)27-17)15-5-3-4-14(12-15)19(23)24/h3-9,11-12H,2,10H2,1H3,(H,23,24)/p-1/b17-11+. The maximum Gasteiger partial charge on any atom is 0.270 e. The highest BCUT2D eigenvalue weighted by Crippen LogP contribution is 2.36. The van der Waals surface area contributed by atoms with Crippen LogP contribution in [0.5, 0.6) is 5.75 Å². The number of thioether (sulfide) groups is 1. The fraction of sp³-hybridized carbons (Fsp3) is 0.150. The molecule has 3 rings (SSSR count). The second-order valence-electron chi connectivity index (χ2n) is 5.77. The fourth-order valence-electron chi connectivity index (χ4n) is 2.49. The van der Waals surface area contributed by atoms with Crippen LogP contribution < -0.4 is 14.7 Å². The van der Waals surface area contributed by atoms with Crippen molar-refractivity contribution in [1.82, 2.24) is 0 Å². The molecule has 0 radical (unpaired) electrons. The highest BCUT2D eigenvalue weighted by molar-refractivity contribution is 8.27. The van der Waals surface area contributed by atoms with Crippen LogP contribution in [0.2, 0.25) is 0 Å². The number of ether oxygens (including phenoxy) is 1. The van der Waals surface area contributed by atoms with E-state index >= 15 is 0 Å². The number of thiocarbonyl (C=S) groups is 1. The minimum absolute atomic E-state index is 0.00630. The van der Waals surface area contributed by atoms with Crippen molar-refractivity contribution in [2.24, 2.45) is 0 Å². The smallest absolute Gasteiger partial charge is 0.270 e. The van der Waals surface area contributed by atoms with Gasteiger partial charge in [0.05, 0.1) is 23.2 Å². The quantitative estimate of drug-likeness (QED) is 0.550. The van der Waals surface area contributed by atoms with E-state index in [2.05, 4.69) is 0 Å². The Bertz CT molecular complexity index is 922. The zero-order chi connectivity index (χ0) is 19.4. The molecular weight excluding hydrogens is 382 g/mol. The zero-order valence-electron chi connectivity index (χ0n) is 14.5. The first-order valence-electron chi connectivity index (χ1n) is 8.32. The molecule has 0 spiro atoms. The monoisotopic (exact) mass is 398 g/mol. The summed E-state index contributed by atoms with van der Waals surface area (Å²) in [5.74, 6) is -0.810. The minimum atomic E-state index is -1.30. The van der Waals surface area contributed by atoms with Gasteiger partial charge in [-0.1, -0.05) is 55.2 Å². The lowest BCUT2D eigenvalue weighted by atomic mass is 10.1. The van der Waals surface area contributed by atoms with Gasteiger partial charge in [-0.05, 0) is 47.9 Å². The third-order valence-corrected chi connectivity index (χ3v) is 5.09. The molecule has 1 saturated heterocycles. The van der Waals surface area contributed by atoms with E-state index in [0.717, 1.165) is 17.7 Å². The van der Waals surface area contributed by atoms with Crippen LogP contribution in [0, 0.1) is 0 Å². The molecule has 1 heterocycles. The summed E-state index contributed by atoms with van der Waals surface area (Å²) in [6.45, 7) is 2.70. The number of nitrogens with zero attached hydrogens (tertiary/aromatic N) is 1. The van der Waals surface area contributed by atoms with Crippen molar-refractivity contribution in [3.63, 3.8) is 0 Å². The van der Waals surface area contributed by atoms with Gasteiger partial charge in [-0.2, -0.15) is 0 Å². The molecule has 0 bridgehead atoms. The van der Waals surface area contributed by atoms with Crippen molar-refractivity contribution < 1.29 is 19.4 Å². The van der Waals surface area contributed by atoms with Gasteiger partial charge in [-0.3, -0.25) is 9.69 Å². The van der Waals surface area contributed by atoms with Gasteiger partial charge in [0, 0.05) is 0 Å². The number of aromatic carboxylic acids is 1. The molecule has 1 fully saturated rings. The van der Waals surface area contributed by atoms with Gasteiger partial charge in [-0.25, -0.2) is 0 Å². The van der Waals surface area contributed by atoms with Gasteiger partial charge < -0.3 is 14.6 Å². The molecule has 1 aliphatic rings. The highest BCUT2D eigenvalue weighted by Gasteiger charge is 2.33. The van der Waals surface area contributed by atoms with Crippen molar-refractivity contribution in [3.8, 4) is 5.75 Å². The van der Waals surface area contributed by atoms with Crippen LogP contribution in [0.4, 0.5) is 5.69 Å². The average molecular weight is 398 g/mol. The topological polar surface area (TPSA) is 69.7 Å². The molecule has 0 aliphatic carbocycles. The van der Waals surface area contributed by atoms with Crippen LogP contribution in [-0.2, 0) is 4.79 Å². The van der Waals surface area contributed by atoms with E-state index in [-0.39, 0.29) is 11.5 Å². The Morgan fingerprint density at radius 2 is 2.00 bits per heavy atom. The van der Waals surface area contributed by atoms with Gasteiger partial charge in [0.15, 0.2) is 4.32 Å². The molecule has 0 saturated carbocycles. The van der Waals surface area contributed by atoms with Gasteiger partial charge in [-0.15, -0.1) is 0 Å². The van der Waals surface area contributed by atoms with Gasteiger partial charge in [0.2, 0.25) is 0 Å². The summed E-state index contributed by atoms with van der Waals surface area (Å²) in [5, 5.41) is 11.1. The average Bonchev–Trinajstić information content (AvgIpc) is 2.94. The SMILES string of the molecule is CCCOc1ccc(/C=C2/SC(=S)N(c3cccc(C(=O)[O-])c3)C2=O)cc1. The van der Waals surface area contributed by atoms with E-state index in [4.69, 9.17) is 17.0 Å². The summed E-state index contributed by atoms with van der Waals surface area (Å²) < 4.78 is 5.90. The van der Waals surface area contributed by atoms with Crippen LogP contribution in [0.3, 0.4) is 0 Å². The lowest BCUT2D eigenvalue weighted by Crippen LogP contribution is -2.28. The number of rotatable bonds is 6. The Morgan fingerprint density at radius 1 is 1.26 bits per heavy atom. The Hall–Kier alpha value is -2.64. The summed E-state index contributed by atoms with van der Waals surface area (Å²) in [7, 11) is 0. The number of hydrogen-bond donors (Lipinski definition) is 0. The largest absolute Gasteiger partial charge is 0.545 e. The van der Waals surface area contributed by atoms with Crippen molar-refractivity contribution >= 4 is 51.9 Å². The molecule has 2 aromatic rings. The number of carboxylic acid groups (broad SMARTS) is 1. The normalized spacial score (nSPS) is 15.4. The summed E-state index contributed by atoms with van der Waals surface area (Å²) in [6.07, 6.45) is 2.69. The van der Waals surface area contributed by atoms with Gasteiger partial charge >= 0.3 is 0 Å². The lowest BCUT2D eigenvalue weighted by molar-refractivity contribution is -0.255. The number of hydrogen-bond acceptors (Lipinski definition) is 6. The van der Waals surface area contributed by atoms with Crippen LogP contribution in [0.25, 0.3) is 6.08 Å². The Morgan fingerprint density at radius 3 is 2.67 bits per heavy atom. The van der Waals surface area contributed by atoms with E-state index < -0.39 is 5.97 Å². The first-order valence-corrected chi connectivity index (χ1v) is 9.54. The third-order valence-electron chi connectivity index (χ3n) is 3.78. The molecule has 2 aromatic carbocycles. The second-order valence-corrected chi connectivity index (χ2v) is 7.45. The fourth-order valence-corrected chi connectivity index (χ4v) is 3.79. The van der Waals surface area contributed by atoms with Crippen LogP contribution in [-0.4, -0.2) is 22.8 Å². The van der Waals surface area contributed by atoms with Gasteiger partial charge in [0.1, 0.15) is 5.75 Å². The Labute approximate surface area is 166 Å². The summed E-state index contributed by atoms with van der Waals surface area (Å²) in [4.78, 5) is 25.6. The predicted molar refractivity (Wildman–Crippen MR) is 109 cm³/mol. The minimum Gasteiger partial charge on any atom is -0.545 e. The molecule has 7 heteroatoms. The van der Waals surface area contributed by atoms with E-state index in [0.29, 0.717) is 21.5 Å². The predicted octanol–water partition coefficient (Wildman–Crippen LogP) is 3.24. The molecule has 0 N–H and O–H groups in total. The van der Waals surface area contributed by atoms with Gasteiger partial charge in [0.25, 0.3) is 5.91 Å². The highest BCUT2D eigenvalue weighted by atomic mass is 32.2. The molecular formula is C20H16NO4S2-. The number of carboxylic acids is 1. The molecule has 27 heavy (non-hydrogen) atoms. The van der Waals surface area contributed by atoms with E-state index in [1.54, 1.807) is 18.2 Å². The molecule has 0 aromatic heterocycles. The van der Waals surface area contributed by atoms with Crippen molar-refractivity contribution in [1.29, 1.82) is 0 Å². The number of carbonyl (C=O) groups is 2. The lowest BCUT2D eigenvalue weighted by Gasteiger charge is -2.15. The van der Waals surface area contributed by atoms with E-state index in [1.807, 2.05) is 31.2 Å². The van der Waals surface area contributed by atoms with Crippen LogP contribution >= 0.6 is 24.0 Å². The molecule has 0 atom stereocenters. The summed E-state index contributed by atoms with van der Waals surface area (Å²) >= 11 is 6.49.